The first-order chi connectivity index (χ1) is 8.63. The van der Waals surface area contributed by atoms with Crippen LogP contribution in [0.2, 0.25) is 0 Å². The Bertz CT molecular complexity index is 443. The van der Waals surface area contributed by atoms with Crippen molar-refractivity contribution in [2.45, 2.75) is 18.9 Å². The van der Waals surface area contributed by atoms with E-state index in [0.717, 1.165) is 18.5 Å². The first-order valence-corrected chi connectivity index (χ1v) is 6.13. The number of nitrogens with two attached hydrogens (primary N) is 1. The lowest BCUT2D eigenvalue weighted by molar-refractivity contribution is 0.251. The third-order valence-electron chi connectivity index (χ3n) is 2.41. The molecule has 1 aromatic carbocycles. The lowest BCUT2D eigenvalue weighted by Gasteiger charge is -2.08. The van der Waals surface area contributed by atoms with Crippen LogP contribution in [0.4, 0.5) is 10.5 Å². The van der Waals surface area contributed by atoms with Crippen LogP contribution < -0.4 is 21.1 Å². The summed E-state index contributed by atoms with van der Waals surface area (Å²) < 4.78 is 5.31. The van der Waals surface area contributed by atoms with Gasteiger partial charge in [0.2, 0.25) is 0 Å². The van der Waals surface area contributed by atoms with Crippen LogP contribution >= 0.6 is 12.2 Å². The minimum Gasteiger partial charge on any atom is -0.487 e. The van der Waals surface area contributed by atoms with Crippen molar-refractivity contribution >= 4 is 28.9 Å². The highest BCUT2D eigenvalue weighted by molar-refractivity contribution is 7.80. The van der Waals surface area contributed by atoms with Gasteiger partial charge < -0.3 is 21.1 Å². The van der Waals surface area contributed by atoms with Crippen LogP contribution in [0.15, 0.2) is 24.3 Å². The van der Waals surface area contributed by atoms with Crippen molar-refractivity contribution in [1.82, 2.24) is 5.32 Å². The molecule has 6 heteroatoms. The van der Waals surface area contributed by atoms with Gasteiger partial charge in [0.1, 0.15) is 17.3 Å². The number of nitrogens with one attached hydrogen (secondary N) is 2. The van der Waals surface area contributed by atoms with Crippen LogP contribution in [0, 0.1) is 0 Å². The Labute approximate surface area is 111 Å². The third kappa shape index (κ3) is 4.21. The molecular weight excluding hydrogens is 250 g/mol. The van der Waals surface area contributed by atoms with Gasteiger partial charge in [-0.2, -0.15) is 0 Å². The number of amides is 2. The van der Waals surface area contributed by atoms with E-state index in [4.69, 9.17) is 22.7 Å². The number of carbonyl (C=O) groups excluding carboxylic acids is 1. The molecule has 0 aliphatic heterocycles. The summed E-state index contributed by atoms with van der Waals surface area (Å²) in [4.78, 5) is 11.8. The zero-order chi connectivity index (χ0) is 13.0. The fourth-order valence-electron chi connectivity index (χ4n) is 1.37. The molecule has 0 unspecified atom stereocenters. The molecule has 96 valence electrons. The summed E-state index contributed by atoms with van der Waals surface area (Å²) in [5.74, 6) is 0.663. The Hall–Kier alpha value is -1.82. The van der Waals surface area contributed by atoms with Gasteiger partial charge in [-0.05, 0) is 37.1 Å². The Morgan fingerprint density at radius 2 is 2.06 bits per heavy atom. The van der Waals surface area contributed by atoms with E-state index >= 15 is 0 Å². The highest BCUT2D eigenvalue weighted by Gasteiger charge is 2.23. The standard InChI is InChI=1S/C12H15N3O2S/c13-11(18)7-17-10-5-3-9(4-6-10)15-12(16)14-8-1-2-8/h3-6,8H,1-2,7H2,(H2,13,18)(H2,14,15,16). The quantitative estimate of drug-likeness (QED) is 0.707. The van der Waals surface area contributed by atoms with E-state index in [-0.39, 0.29) is 12.6 Å². The average molecular weight is 265 g/mol. The van der Waals surface area contributed by atoms with Gasteiger partial charge in [0.25, 0.3) is 0 Å². The van der Waals surface area contributed by atoms with Crippen molar-refractivity contribution in [3.63, 3.8) is 0 Å². The zero-order valence-electron chi connectivity index (χ0n) is 9.81. The van der Waals surface area contributed by atoms with Crippen LogP contribution in [-0.4, -0.2) is 23.7 Å². The molecule has 0 aromatic heterocycles. The van der Waals surface area contributed by atoms with E-state index in [1.807, 2.05) is 0 Å². The Morgan fingerprint density at radius 3 is 2.61 bits per heavy atom. The number of ether oxygens (including phenoxy) is 1. The molecule has 0 atom stereocenters. The molecule has 0 bridgehead atoms. The second-order valence-corrected chi connectivity index (χ2v) is 4.68. The average Bonchev–Trinajstić information content (AvgIpc) is 3.12. The maximum atomic E-state index is 11.5. The smallest absolute Gasteiger partial charge is 0.319 e. The molecule has 1 aliphatic rings. The van der Waals surface area contributed by atoms with E-state index < -0.39 is 0 Å². The van der Waals surface area contributed by atoms with Gasteiger partial charge in [-0.3, -0.25) is 0 Å². The predicted molar refractivity (Wildman–Crippen MR) is 73.9 cm³/mol. The summed E-state index contributed by atoms with van der Waals surface area (Å²) in [5, 5.41) is 5.59. The minimum atomic E-state index is -0.172. The maximum absolute atomic E-state index is 11.5. The lowest BCUT2D eigenvalue weighted by Crippen LogP contribution is -2.30. The summed E-state index contributed by atoms with van der Waals surface area (Å²) in [7, 11) is 0. The van der Waals surface area contributed by atoms with E-state index in [9.17, 15) is 4.79 Å². The SMILES string of the molecule is NC(=S)COc1ccc(NC(=O)NC2CC2)cc1. The highest BCUT2D eigenvalue weighted by atomic mass is 32.1. The predicted octanol–water partition coefficient (Wildman–Crippen LogP) is 1.64. The van der Waals surface area contributed by atoms with Gasteiger partial charge >= 0.3 is 6.03 Å². The summed E-state index contributed by atoms with van der Waals surface area (Å²) in [6, 6.07) is 7.21. The van der Waals surface area contributed by atoms with Gasteiger partial charge in [0.05, 0.1) is 0 Å². The van der Waals surface area contributed by atoms with Crippen LogP contribution in [0.5, 0.6) is 5.75 Å². The van der Waals surface area contributed by atoms with Crippen LogP contribution in [-0.2, 0) is 0 Å². The molecule has 0 heterocycles. The van der Waals surface area contributed by atoms with Crippen LogP contribution in [0.3, 0.4) is 0 Å². The summed E-state index contributed by atoms with van der Waals surface area (Å²) in [6.45, 7) is 0.213. The van der Waals surface area contributed by atoms with Crippen molar-refractivity contribution in [2.75, 3.05) is 11.9 Å². The fourth-order valence-corrected chi connectivity index (χ4v) is 1.43. The van der Waals surface area contributed by atoms with Crippen LogP contribution in [0.25, 0.3) is 0 Å². The van der Waals surface area contributed by atoms with E-state index in [1.165, 1.54) is 0 Å². The molecule has 5 nitrogen and oxygen atoms in total. The van der Waals surface area contributed by atoms with Crippen molar-refractivity contribution < 1.29 is 9.53 Å². The van der Waals surface area contributed by atoms with E-state index in [0.29, 0.717) is 16.8 Å². The Morgan fingerprint density at radius 1 is 1.39 bits per heavy atom. The fraction of sp³-hybridized carbons (Fsp3) is 0.333. The molecule has 2 amide bonds. The first kappa shape index (κ1) is 12.6. The van der Waals surface area contributed by atoms with Crippen molar-refractivity contribution in [2.24, 2.45) is 5.73 Å². The number of thiocarbonyl (C=S) groups is 1. The molecule has 1 aliphatic carbocycles. The summed E-state index contributed by atoms with van der Waals surface area (Å²) in [5.41, 5.74) is 6.05. The summed E-state index contributed by atoms with van der Waals surface area (Å²) >= 11 is 4.71. The van der Waals surface area contributed by atoms with Gasteiger partial charge in [-0.1, -0.05) is 12.2 Å². The number of anilines is 1. The molecule has 0 saturated heterocycles. The number of hydrogen-bond acceptors (Lipinski definition) is 3. The highest BCUT2D eigenvalue weighted by Crippen LogP contribution is 2.19. The molecule has 0 radical (unpaired) electrons. The topological polar surface area (TPSA) is 76.4 Å². The number of benzene rings is 1. The first-order valence-electron chi connectivity index (χ1n) is 5.72. The van der Waals surface area contributed by atoms with E-state index in [1.54, 1.807) is 24.3 Å². The van der Waals surface area contributed by atoms with Gasteiger partial charge in [0.15, 0.2) is 0 Å². The second-order valence-electron chi connectivity index (χ2n) is 4.15. The van der Waals surface area contributed by atoms with Crippen molar-refractivity contribution in [3.8, 4) is 5.75 Å². The molecule has 18 heavy (non-hydrogen) atoms. The number of rotatable bonds is 5. The molecular formula is C12H15N3O2S. The normalized spacial score (nSPS) is 13.8. The maximum Gasteiger partial charge on any atom is 0.319 e. The number of urea groups is 1. The monoisotopic (exact) mass is 265 g/mol. The third-order valence-corrected chi connectivity index (χ3v) is 2.52. The summed E-state index contributed by atoms with van der Waals surface area (Å²) in [6.07, 6.45) is 2.14. The van der Waals surface area contributed by atoms with E-state index in [2.05, 4.69) is 10.6 Å². The Balaban J connectivity index is 1.82. The van der Waals surface area contributed by atoms with Gasteiger partial charge in [-0.25, -0.2) is 4.79 Å². The molecule has 1 aromatic rings. The second kappa shape index (κ2) is 5.68. The van der Waals surface area contributed by atoms with Crippen molar-refractivity contribution in [1.29, 1.82) is 0 Å². The van der Waals surface area contributed by atoms with Gasteiger partial charge in [0, 0.05) is 11.7 Å². The zero-order valence-corrected chi connectivity index (χ0v) is 10.6. The molecule has 1 saturated carbocycles. The molecule has 1 fully saturated rings. The number of hydrogen-bond donors (Lipinski definition) is 3. The minimum absolute atomic E-state index is 0.172. The largest absolute Gasteiger partial charge is 0.487 e. The molecule has 2 rings (SSSR count). The molecule has 4 N–H and O–H groups in total. The number of carbonyl (C=O) groups is 1. The van der Waals surface area contributed by atoms with Crippen LogP contribution in [0.1, 0.15) is 12.8 Å². The molecule has 0 spiro atoms. The van der Waals surface area contributed by atoms with Gasteiger partial charge in [-0.15, -0.1) is 0 Å². The Kier molecular flexibility index (Phi) is 3.99. The lowest BCUT2D eigenvalue weighted by atomic mass is 10.3. The van der Waals surface area contributed by atoms with Crippen molar-refractivity contribution in [3.05, 3.63) is 24.3 Å².